The van der Waals surface area contributed by atoms with Gasteiger partial charge in [0.1, 0.15) is 11.5 Å². The number of amides is 1. The van der Waals surface area contributed by atoms with Crippen molar-refractivity contribution in [2.24, 2.45) is 0 Å². The average molecular weight is 536 g/mol. The van der Waals surface area contributed by atoms with Crippen molar-refractivity contribution in [1.29, 1.82) is 0 Å². The molecule has 5 rings (SSSR count). The summed E-state index contributed by atoms with van der Waals surface area (Å²) in [5.41, 5.74) is 5.71. The molecule has 0 bridgehead atoms. The number of hydrogen-bond donors (Lipinski definition) is 3. The van der Waals surface area contributed by atoms with E-state index in [1.807, 2.05) is 36.4 Å². The van der Waals surface area contributed by atoms with Crippen LogP contribution in [0.1, 0.15) is 39.2 Å². The van der Waals surface area contributed by atoms with E-state index in [1.54, 1.807) is 18.2 Å². The van der Waals surface area contributed by atoms with Gasteiger partial charge in [-0.3, -0.25) is 9.69 Å². The minimum Gasteiger partial charge on any atom is -0.508 e. The zero-order chi connectivity index (χ0) is 27.4. The Balaban J connectivity index is 1.14. The normalized spacial score (nSPS) is 14.0. The number of ether oxygens (including phenoxy) is 1. The number of phenolic OH excluding ortho intramolecular Hbond substituents is 1. The molecule has 2 heterocycles. The predicted octanol–water partition coefficient (Wildman–Crippen LogP) is 6.16. The van der Waals surface area contributed by atoms with Crippen LogP contribution in [0.3, 0.4) is 0 Å². The van der Waals surface area contributed by atoms with Crippen LogP contribution in [0.15, 0.2) is 72.8 Å². The number of carbonyl (C=O) groups is 1. The number of hydrogen-bond acceptors (Lipinski definition) is 4. The zero-order valence-corrected chi connectivity index (χ0v) is 21.1. The molecule has 0 spiro atoms. The summed E-state index contributed by atoms with van der Waals surface area (Å²) in [5.74, 6) is -0.153. The topological polar surface area (TPSA) is 77.6 Å². The molecule has 0 radical (unpaired) electrons. The number of rotatable bonds is 8. The summed E-state index contributed by atoms with van der Waals surface area (Å²) in [7, 11) is 0. The van der Waals surface area contributed by atoms with Gasteiger partial charge in [0.25, 0.3) is 5.91 Å². The summed E-state index contributed by atoms with van der Waals surface area (Å²) in [5, 5.41) is 13.9. The van der Waals surface area contributed by atoms with Crippen LogP contribution in [0.25, 0.3) is 17.0 Å². The summed E-state index contributed by atoms with van der Waals surface area (Å²) in [4.78, 5) is 18.7. The largest absolute Gasteiger partial charge is 0.573 e. The molecule has 3 N–H and O–H groups in total. The van der Waals surface area contributed by atoms with Crippen LogP contribution < -0.4 is 10.1 Å². The van der Waals surface area contributed by atoms with Gasteiger partial charge in [0.05, 0.1) is 0 Å². The Bertz CT molecular complexity index is 1490. The number of phenols is 1. The predicted molar refractivity (Wildman–Crippen MR) is 143 cm³/mol. The molecule has 0 saturated carbocycles. The highest BCUT2D eigenvalue weighted by Gasteiger charge is 2.31. The number of aromatic amines is 1. The van der Waals surface area contributed by atoms with E-state index in [9.17, 15) is 23.1 Å². The molecule has 0 saturated heterocycles. The molecule has 6 nitrogen and oxygen atoms in total. The van der Waals surface area contributed by atoms with Crippen LogP contribution in [0.2, 0.25) is 0 Å². The molecule has 4 aromatic rings. The second-order valence-electron chi connectivity index (χ2n) is 9.49. The highest BCUT2D eigenvalue weighted by atomic mass is 19.4. The number of fused-ring (bicyclic) bond motifs is 3. The van der Waals surface area contributed by atoms with E-state index >= 15 is 0 Å². The number of alkyl halides is 3. The fourth-order valence-corrected chi connectivity index (χ4v) is 4.90. The van der Waals surface area contributed by atoms with E-state index in [4.69, 9.17) is 0 Å². The fourth-order valence-electron chi connectivity index (χ4n) is 4.90. The number of carbonyl (C=O) groups excluding carboxylic acids is 1. The first kappa shape index (κ1) is 26.4. The van der Waals surface area contributed by atoms with Crippen LogP contribution in [-0.2, 0) is 19.5 Å². The molecule has 202 valence electrons. The SMILES string of the molecule is O=C(NCCC=Cc1ccc(OC(F)(F)F)cc1)c1ccccc1CN1CCc2c([nH]c3ccc(O)cc23)C1. The maximum atomic E-state index is 13.0. The monoisotopic (exact) mass is 535 g/mol. The van der Waals surface area contributed by atoms with E-state index in [1.165, 1.54) is 29.8 Å². The molecule has 1 amide bonds. The first-order valence-corrected chi connectivity index (χ1v) is 12.7. The summed E-state index contributed by atoms with van der Waals surface area (Å²) >= 11 is 0. The van der Waals surface area contributed by atoms with E-state index in [-0.39, 0.29) is 17.4 Å². The molecule has 1 aromatic heterocycles. The van der Waals surface area contributed by atoms with Crippen molar-refractivity contribution in [3.63, 3.8) is 0 Å². The number of nitrogens with zero attached hydrogens (tertiary/aromatic N) is 1. The summed E-state index contributed by atoms with van der Waals surface area (Å²) in [6.45, 7) is 2.64. The van der Waals surface area contributed by atoms with Crippen LogP contribution >= 0.6 is 0 Å². The van der Waals surface area contributed by atoms with Gasteiger partial charge in [-0.25, -0.2) is 0 Å². The third-order valence-electron chi connectivity index (χ3n) is 6.71. The molecule has 0 aliphatic carbocycles. The molecule has 9 heteroatoms. The van der Waals surface area contributed by atoms with Crippen molar-refractivity contribution in [3.05, 3.63) is 101 Å². The lowest BCUT2D eigenvalue weighted by Gasteiger charge is -2.27. The van der Waals surface area contributed by atoms with Gasteiger partial charge in [-0.2, -0.15) is 0 Å². The third-order valence-corrected chi connectivity index (χ3v) is 6.71. The maximum absolute atomic E-state index is 13.0. The third kappa shape index (κ3) is 6.61. The molecule has 1 aliphatic heterocycles. The molecular formula is C30H28F3N3O3. The van der Waals surface area contributed by atoms with Gasteiger partial charge in [-0.05, 0) is 65.9 Å². The highest BCUT2D eigenvalue weighted by molar-refractivity contribution is 5.95. The first-order chi connectivity index (χ1) is 18.7. The second-order valence-corrected chi connectivity index (χ2v) is 9.49. The van der Waals surface area contributed by atoms with Crippen LogP contribution in [0.4, 0.5) is 13.2 Å². The lowest BCUT2D eigenvalue weighted by atomic mass is 10.0. The van der Waals surface area contributed by atoms with Crippen molar-refractivity contribution in [1.82, 2.24) is 15.2 Å². The van der Waals surface area contributed by atoms with Crippen molar-refractivity contribution in [2.45, 2.75) is 32.3 Å². The van der Waals surface area contributed by atoms with Gasteiger partial charge in [-0.15, -0.1) is 13.2 Å². The van der Waals surface area contributed by atoms with Gasteiger partial charge in [0, 0.05) is 48.3 Å². The van der Waals surface area contributed by atoms with E-state index in [2.05, 4.69) is 19.9 Å². The molecular weight excluding hydrogens is 507 g/mol. The van der Waals surface area contributed by atoms with Gasteiger partial charge in [0.2, 0.25) is 0 Å². The number of benzene rings is 3. The number of H-pyrrole nitrogens is 1. The lowest BCUT2D eigenvalue weighted by molar-refractivity contribution is -0.274. The van der Waals surface area contributed by atoms with Crippen molar-refractivity contribution in [2.75, 3.05) is 13.1 Å². The summed E-state index contributed by atoms with van der Waals surface area (Å²) in [6.07, 6.45) is 0.357. The molecule has 3 aromatic carbocycles. The zero-order valence-electron chi connectivity index (χ0n) is 21.1. The quantitative estimate of drug-likeness (QED) is 0.236. The summed E-state index contributed by atoms with van der Waals surface area (Å²) in [6, 6.07) is 18.6. The number of halogens is 3. The maximum Gasteiger partial charge on any atom is 0.573 e. The minimum absolute atomic E-state index is 0.147. The molecule has 0 unspecified atom stereocenters. The minimum atomic E-state index is -4.71. The van der Waals surface area contributed by atoms with E-state index in [0.29, 0.717) is 25.1 Å². The van der Waals surface area contributed by atoms with Gasteiger partial charge in [-0.1, -0.05) is 42.5 Å². The Morgan fingerprint density at radius 2 is 1.90 bits per heavy atom. The van der Waals surface area contributed by atoms with Crippen LogP contribution in [-0.4, -0.2) is 40.3 Å². The van der Waals surface area contributed by atoms with Crippen LogP contribution in [0.5, 0.6) is 11.5 Å². The average Bonchev–Trinajstić information content (AvgIpc) is 3.25. The standard InChI is InChI=1S/C30H28F3N3O3/c31-30(32,33)39-23-11-8-20(9-12-23)5-3-4-15-34-29(38)24-7-2-1-6-21(24)18-36-16-14-25-26-17-22(37)10-13-27(26)35-28(25)19-36/h1-3,5-13,17,35,37H,4,14-16,18-19H2,(H,34,38). The summed E-state index contributed by atoms with van der Waals surface area (Å²) < 4.78 is 40.7. The molecule has 0 atom stereocenters. The van der Waals surface area contributed by atoms with E-state index < -0.39 is 6.36 Å². The van der Waals surface area contributed by atoms with Gasteiger partial charge >= 0.3 is 6.36 Å². The molecule has 39 heavy (non-hydrogen) atoms. The molecule has 0 fully saturated rings. The second kappa shape index (κ2) is 11.2. The lowest BCUT2D eigenvalue weighted by Crippen LogP contribution is -2.31. The fraction of sp³-hybridized carbons (Fsp3) is 0.233. The van der Waals surface area contributed by atoms with Gasteiger partial charge < -0.3 is 20.1 Å². The Hall–Kier alpha value is -4.24. The Morgan fingerprint density at radius 3 is 2.69 bits per heavy atom. The van der Waals surface area contributed by atoms with Crippen molar-refractivity contribution in [3.8, 4) is 11.5 Å². The van der Waals surface area contributed by atoms with Crippen molar-refractivity contribution >= 4 is 22.9 Å². The Morgan fingerprint density at radius 1 is 1.10 bits per heavy atom. The van der Waals surface area contributed by atoms with Gasteiger partial charge in [0.15, 0.2) is 0 Å². The first-order valence-electron chi connectivity index (χ1n) is 12.7. The number of nitrogens with one attached hydrogen (secondary N) is 2. The molecule has 1 aliphatic rings. The number of aromatic nitrogens is 1. The Kier molecular flexibility index (Phi) is 7.60. The number of aromatic hydroxyl groups is 1. The Labute approximate surface area is 223 Å². The highest BCUT2D eigenvalue weighted by Crippen LogP contribution is 2.30. The van der Waals surface area contributed by atoms with E-state index in [0.717, 1.165) is 47.2 Å². The smallest absolute Gasteiger partial charge is 0.508 e. The van der Waals surface area contributed by atoms with Crippen molar-refractivity contribution < 1.29 is 27.8 Å². The van der Waals surface area contributed by atoms with Crippen LogP contribution in [0, 0.1) is 0 Å².